The van der Waals surface area contributed by atoms with Crippen molar-refractivity contribution < 1.29 is 27.9 Å². The summed E-state index contributed by atoms with van der Waals surface area (Å²) in [5, 5.41) is 9.58. The van der Waals surface area contributed by atoms with Crippen molar-refractivity contribution in [2.45, 2.75) is 69.0 Å². The maximum Gasteiger partial charge on any atom is 0.262 e. The van der Waals surface area contributed by atoms with E-state index in [0.717, 1.165) is 25.7 Å². The fourth-order valence-electron chi connectivity index (χ4n) is 4.50. The third-order valence-corrected chi connectivity index (χ3v) is 8.30. The molecular weight excluding hydrogens is 506 g/mol. The van der Waals surface area contributed by atoms with Crippen molar-refractivity contribution in [3.63, 3.8) is 0 Å². The van der Waals surface area contributed by atoms with Gasteiger partial charge in [-0.25, -0.2) is 13.9 Å². The van der Waals surface area contributed by atoms with Crippen LogP contribution in [-0.2, 0) is 26.1 Å². The molecule has 0 aliphatic heterocycles. The van der Waals surface area contributed by atoms with Gasteiger partial charge in [-0.1, -0.05) is 13.3 Å². The minimum atomic E-state index is -4.10. The van der Waals surface area contributed by atoms with Crippen LogP contribution in [0.4, 0.5) is 0 Å². The molecule has 1 amide bonds. The second-order valence-corrected chi connectivity index (χ2v) is 10.7. The van der Waals surface area contributed by atoms with Gasteiger partial charge >= 0.3 is 0 Å². The average molecular weight is 542 g/mol. The van der Waals surface area contributed by atoms with Gasteiger partial charge in [-0.15, -0.1) is 12.4 Å². The van der Waals surface area contributed by atoms with Crippen molar-refractivity contribution in [2.24, 2.45) is 5.92 Å². The van der Waals surface area contributed by atoms with Crippen LogP contribution in [0.25, 0.3) is 0 Å². The number of nitrogens with zero attached hydrogens (tertiary/aromatic N) is 2. The molecule has 1 unspecified atom stereocenters. The lowest BCUT2D eigenvalue weighted by atomic mass is 9.82. The molecule has 0 spiro atoms. The van der Waals surface area contributed by atoms with Gasteiger partial charge in [-0.3, -0.25) is 15.0 Å². The van der Waals surface area contributed by atoms with Gasteiger partial charge in [-0.2, -0.15) is 4.31 Å². The summed E-state index contributed by atoms with van der Waals surface area (Å²) in [5.41, 5.74) is 2.40. The standard InChI is InChI=1S/C25H35N3O6S.ClH/c1-3-4-17-34-22-7-5-20(6-8-22)24(25(29)27-30)28(18-19-13-15-26-16-14-19)35(31,32)23-11-9-21(33-2)10-12-23;/h9-16,20,22,24,30H,3-8,17-18H2,1-2H3,(H,27,29);1H. The van der Waals surface area contributed by atoms with E-state index in [9.17, 15) is 18.4 Å². The molecule has 1 aromatic heterocycles. The van der Waals surface area contributed by atoms with Gasteiger partial charge in [0.05, 0.1) is 18.1 Å². The molecule has 0 saturated heterocycles. The van der Waals surface area contributed by atoms with Gasteiger partial charge in [0.2, 0.25) is 10.0 Å². The Morgan fingerprint density at radius 2 is 1.78 bits per heavy atom. The van der Waals surface area contributed by atoms with Crippen LogP contribution in [0, 0.1) is 5.92 Å². The second kappa shape index (κ2) is 14.5. The van der Waals surface area contributed by atoms with E-state index in [1.54, 1.807) is 42.1 Å². The Balaban J connectivity index is 0.00000456. The van der Waals surface area contributed by atoms with Gasteiger partial charge in [0, 0.05) is 25.5 Å². The Hall–Kier alpha value is -2.24. The summed E-state index contributed by atoms with van der Waals surface area (Å²) in [4.78, 5) is 17.0. The fourth-order valence-corrected chi connectivity index (χ4v) is 6.13. The molecule has 1 aliphatic rings. The lowest BCUT2D eigenvalue weighted by molar-refractivity contribution is -0.136. The third-order valence-electron chi connectivity index (χ3n) is 6.46. The van der Waals surface area contributed by atoms with Crippen molar-refractivity contribution in [2.75, 3.05) is 13.7 Å². The smallest absolute Gasteiger partial charge is 0.262 e. The first-order chi connectivity index (χ1) is 16.9. The number of rotatable bonds is 12. The number of sulfonamides is 1. The Bertz CT molecular complexity index is 1030. The van der Waals surface area contributed by atoms with Gasteiger partial charge in [-0.05, 0) is 80.0 Å². The van der Waals surface area contributed by atoms with E-state index < -0.39 is 22.0 Å². The Labute approximate surface area is 219 Å². The monoisotopic (exact) mass is 541 g/mol. The van der Waals surface area contributed by atoms with E-state index in [4.69, 9.17) is 9.47 Å². The summed E-state index contributed by atoms with van der Waals surface area (Å²) in [7, 11) is -2.60. The molecular formula is C25H36ClN3O6S. The minimum absolute atomic E-state index is 0. The fraction of sp³-hybridized carbons (Fsp3) is 0.520. The number of amides is 1. The number of ether oxygens (including phenoxy) is 2. The first-order valence-corrected chi connectivity index (χ1v) is 13.4. The molecule has 1 saturated carbocycles. The summed E-state index contributed by atoms with van der Waals surface area (Å²) in [5.74, 6) is -0.495. The van der Waals surface area contributed by atoms with Gasteiger partial charge in [0.1, 0.15) is 11.8 Å². The number of benzene rings is 1. The molecule has 1 atom stereocenters. The van der Waals surface area contributed by atoms with Crippen molar-refractivity contribution >= 4 is 28.3 Å². The highest BCUT2D eigenvalue weighted by atomic mass is 35.5. The molecule has 2 aromatic rings. The lowest BCUT2D eigenvalue weighted by Crippen LogP contribution is -2.53. The normalized spacial score (nSPS) is 18.8. The SMILES string of the molecule is CCCCOC1CCC(C(C(=O)NO)N(Cc2ccncc2)S(=O)(=O)c2ccc(OC)cc2)CC1.Cl. The predicted octanol–water partition coefficient (Wildman–Crippen LogP) is 3.95. The molecule has 1 heterocycles. The quantitative estimate of drug-likeness (QED) is 0.237. The molecule has 0 bridgehead atoms. The van der Waals surface area contributed by atoms with E-state index in [1.807, 2.05) is 0 Å². The zero-order valence-corrected chi connectivity index (χ0v) is 22.3. The van der Waals surface area contributed by atoms with Crippen molar-refractivity contribution in [1.82, 2.24) is 14.8 Å². The molecule has 1 fully saturated rings. The zero-order chi connectivity index (χ0) is 25.3. The maximum atomic E-state index is 13.9. The predicted molar refractivity (Wildman–Crippen MR) is 138 cm³/mol. The average Bonchev–Trinajstić information content (AvgIpc) is 2.89. The second-order valence-electron chi connectivity index (χ2n) is 8.76. The number of hydroxylamine groups is 1. The number of methoxy groups -OCH3 is 1. The highest BCUT2D eigenvalue weighted by Gasteiger charge is 2.42. The molecule has 1 aliphatic carbocycles. The maximum absolute atomic E-state index is 13.9. The first kappa shape index (κ1) is 30.0. The Kier molecular flexibility index (Phi) is 12.1. The number of unbranched alkanes of at least 4 members (excludes halogenated alkanes) is 1. The van der Waals surface area contributed by atoms with E-state index in [1.165, 1.54) is 23.5 Å². The number of pyridine rings is 1. The van der Waals surface area contributed by atoms with Crippen LogP contribution in [0.1, 0.15) is 51.0 Å². The van der Waals surface area contributed by atoms with Gasteiger partial charge in [0.25, 0.3) is 5.91 Å². The minimum Gasteiger partial charge on any atom is -0.497 e. The summed E-state index contributed by atoms with van der Waals surface area (Å²) < 4.78 is 40.0. The first-order valence-electron chi connectivity index (χ1n) is 12.0. The summed E-state index contributed by atoms with van der Waals surface area (Å²) >= 11 is 0. The largest absolute Gasteiger partial charge is 0.497 e. The highest BCUT2D eigenvalue weighted by molar-refractivity contribution is 7.89. The summed E-state index contributed by atoms with van der Waals surface area (Å²) in [6, 6.07) is 8.39. The van der Waals surface area contributed by atoms with Crippen molar-refractivity contribution in [1.29, 1.82) is 0 Å². The van der Waals surface area contributed by atoms with E-state index in [2.05, 4.69) is 11.9 Å². The van der Waals surface area contributed by atoms with Gasteiger partial charge in [0.15, 0.2) is 0 Å². The molecule has 36 heavy (non-hydrogen) atoms. The van der Waals surface area contributed by atoms with E-state index in [-0.39, 0.29) is 35.9 Å². The number of hydrogen-bond acceptors (Lipinski definition) is 7. The van der Waals surface area contributed by atoms with Crippen molar-refractivity contribution in [3.05, 3.63) is 54.4 Å². The highest BCUT2D eigenvalue weighted by Crippen LogP contribution is 2.34. The molecule has 11 heteroatoms. The van der Waals surface area contributed by atoms with E-state index in [0.29, 0.717) is 30.8 Å². The van der Waals surface area contributed by atoms with E-state index >= 15 is 0 Å². The van der Waals surface area contributed by atoms with Gasteiger partial charge < -0.3 is 9.47 Å². The van der Waals surface area contributed by atoms with Crippen LogP contribution in [0.5, 0.6) is 5.75 Å². The number of halogens is 1. The Morgan fingerprint density at radius 3 is 2.33 bits per heavy atom. The molecule has 1 aromatic carbocycles. The Morgan fingerprint density at radius 1 is 1.14 bits per heavy atom. The van der Waals surface area contributed by atoms with Crippen LogP contribution in [-0.4, -0.2) is 54.7 Å². The summed E-state index contributed by atoms with van der Waals surface area (Å²) in [6.07, 6.45) is 7.99. The molecule has 2 N–H and O–H groups in total. The van der Waals surface area contributed by atoms with Crippen LogP contribution in [0.3, 0.4) is 0 Å². The zero-order valence-electron chi connectivity index (χ0n) is 20.7. The molecule has 3 rings (SSSR count). The topological polar surface area (TPSA) is 118 Å². The number of nitrogens with one attached hydrogen (secondary N) is 1. The van der Waals surface area contributed by atoms with Crippen LogP contribution < -0.4 is 10.2 Å². The molecule has 0 radical (unpaired) electrons. The number of aromatic nitrogens is 1. The summed E-state index contributed by atoms with van der Waals surface area (Å²) in [6.45, 7) is 2.77. The third kappa shape index (κ3) is 7.63. The number of hydrogen-bond donors (Lipinski definition) is 2. The van der Waals surface area contributed by atoms with Crippen molar-refractivity contribution in [3.8, 4) is 5.75 Å². The van der Waals surface area contributed by atoms with Crippen LogP contribution in [0.15, 0.2) is 53.7 Å². The van der Waals surface area contributed by atoms with Crippen LogP contribution >= 0.6 is 12.4 Å². The molecule has 9 nitrogen and oxygen atoms in total. The number of carbonyl (C=O) groups is 1. The number of carbonyl (C=O) groups excluding carboxylic acids is 1. The lowest BCUT2D eigenvalue weighted by Gasteiger charge is -2.38. The van der Waals surface area contributed by atoms with Crippen LogP contribution in [0.2, 0.25) is 0 Å². The molecule has 200 valence electrons.